The monoisotopic (exact) mass is 649 g/mol. The van der Waals surface area contributed by atoms with E-state index in [2.05, 4.69) is 127 Å². The molecule has 5 atom stereocenters. The van der Waals surface area contributed by atoms with Gasteiger partial charge in [0.2, 0.25) is 0 Å². The molecule has 1 spiro atoms. The highest BCUT2D eigenvalue weighted by Gasteiger charge is 2.85. The number of hydrogen-bond donors (Lipinski definition) is 0. The number of fused-ring (bicyclic) bond motifs is 14. The molecule has 1 aromatic heterocycles. The van der Waals surface area contributed by atoms with Crippen LogP contribution in [0.15, 0.2) is 164 Å². The summed E-state index contributed by atoms with van der Waals surface area (Å²) in [5, 5.41) is 0. The lowest BCUT2D eigenvalue weighted by atomic mass is 9.75. The van der Waals surface area contributed by atoms with Gasteiger partial charge in [0, 0.05) is 33.6 Å². The van der Waals surface area contributed by atoms with Crippen LogP contribution in [0.25, 0.3) is 78.7 Å². The van der Waals surface area contributed by atoms with E-state index in [1.54, 1.807) is 0 Å². The first kappa shape index (κ1) is 27.6. The molecule has 5 aliphatic carbocycles. The maximum Gasteiger partial charge on any atom is 0.164 e. The van der Waals surface area contributed by atoms with Crippen LogP contribution in [0.4, 0.5) is 0 Å². The molecule has 0 radical (unpaired) electrons. The fraction of sp³-hybridized carbons (Fsp3) is 0.104. The molecule has 7 aromatic rings. The Hall–Kier alpha value is -6.19. The highest BCUT2D eigenvalue weighted by molar-refractivity contribution is 6.07. The molecule has 0 amide bonds. The lowest BCUT2D eigenvalue weighted by Crippen LogP contribution is -2.10. The topological polar surface area (TPSA) is 38.7 Å². The Morgan fingerprint density at radius 3 is 1.65 bits per heavy atom. The molecule has 6 aromatic carbocycles. The van der Waals surface area contributed by atoms with Crippen LogP contribution in [0.1, 0.15) is 23.0 Å². The lowest BCUT2D eigenvalue weighted by molar-refractivity contribution is 0.583. The molecule has 2 fully saturated rings. The second kappa shape index (κ2) is 9.95. The summed E-state index contributed by atoms with van der Waals surface area (Å²) in [5.74, 6) is 4.39. The van der Waals surface area contributed by atoms with Gasteiger partial charge in [0.1, 0.15) is 0 Å². The van der Waals surface area contributed by atoms with Gasteiger partial charge in [-0.2, -0.15) is 0 Å². The van der Waals surface area contributed by atoms with E-state index < -0.39 is 0 Å². The zero-order chi connectivity index (χ0) is 33.3. The second-order valence-electron chi connectivity index (χ2n) is 14.7. The zero-order valence-corrected chi connectivity index (χ0v) is 27.7. The number of rotatable bonds is 3. The van der Waals surface area contributed by atoms with Gasteiger partial charge in [-0.15, -0.1) is 0 Å². The maximum absolute atomic E-state index is 5.24. The molecule has 12 rings (SSSR count). The van der Waals surface area contributed by atoms with Gasteiger partial charge < -0.3 is 0 Å². The van der Waals surface area contributed by atoms with Gasteiger partial charge in [-0.3, -0.25) is 0 Å². The van der Waals surface area contributed by atoms with Gasteiger partial charge in [-0.25, -0.2) is 15.0 Å². The smallest absolute Gasteiger partial charge is 0.164 e. The van der Waals surface area contributed by atoms with Crippen molar-refractivity contribution in [2.24, 2.45) is 17.3 Å². The highest BCUT2D eigenvalue weighted by Crippen LogP contribution is 2.90. The number of benzene rings is 6. The van der Waals surface area contributed by atoms with E-state index >= 15 is 0 Å². The van der Waals surface area contributed by atoms with Gasteiger partial charge in [-0.1, -0.05) is 152 Å². The average Bonchev–Trinajstić information content (AvgIpc) is 4.07. The Kier molecular flexibility index (Phi) is 5.39. The Bertz CT molecular complexity index is 2610. The summed E-state index contributed by atoms with van der Waals surface area (Å²) in [5.41, 5.74) is 16.2. The highest BCUT2D eigenvalue weighted by atomic mass is 15.0. The summed E-state index contributed by atoms with van der Waals surface area (Å²) in [4.78, 5) is 15.5. The first-order chi connectivity index (χ1) is 25.3. The van der Waals surface area contributed by atoms with E-state index in [1.807, 2.05) is 36.4 Å². The Morgan fingerprint density at radius 2 is 0.941 bits per heavy atom. The van der Waals surface area contributed by atoms with Crippen LogP contribution in [-0.4, -0.2) is 15.0 Å². The van der Waals surface area contributed by atoms with Gasteiger partial charge in [0.15, 0.2) is 17.5 Å². The van der Waals surface area contributed by atoms with E-state index in [9.17, 15) is 0 Å². The average molecular weight is 650 g/mol. The largest absolute Gasteiger partial charge is 0.208 e. The van der Waals surface area contributed by atoms with E-state index in [1.165, 1.54) is 50.1 Å². The molecule has 2 bridgehead atoms. The first-order valence-corrected chi connectivity index (χ1v) is 18.0. The fourth-order valence-corrected chi connectivity index (χ4v) is 9.80. The van der Waals surface area contributed by atoms with Gasteiger partial charge in [0.25, 0.3) is 0 Å². The summed E-state index contributed by atoms with van der Waals surface area (Å²) < 4.78 is 0. The molecule has 51 heavy (non-hydrogen) atoms. The second-order valence-corrected chi connectivity index (χ2v) is 14.7. The van der Waals surface area contributed by atoms with Crippen LogP contribution in [0.3, 0.4) is 0 Å². The van der Waals surface area contributed by atoms with Crippen LogP contribution in [-0.2, 0) is 0 Å². The molecule has 0 saturated heterocycles. The summed E-state index contributed by atoms with van der Waals surface area (Å²) in [7, 11) is 0. The van der Waals surface area contributed by atoms with Crippen LogP contribution in [0.2, 0.25) is 0 Å². The SMILES string of the molecule is C1=CC2C3C4c5cc6c(cc5C1C=CC243)-c1ccccc1-c1ccccc1-c1c(-c2nc(-c3ccccc3)nc(-c3ccccc3)n2)cccc1-6. The van der Waals surface area contributed by atoms with Crippen molar-refractivity contribution in [2.75, 3.05) is 0 Å². The first-order valence-electron chi connectivity index (χ1n) is 18.0. The standard InChI is InChI=1S/C48H31N3/c1-3-12-29(13-4-1)45-49-46(30-14-5-2-6-15-30)51-47(50-45)36-21-11-20-35-39-27-40-37(28-22-23-41-44-43(40)48(41,44)25-24-28)26-38(39)33-18-8-7-16-31(33)32-17-9-10-19-34(32)42(35)36/h1-28,41,43-44H. The number of aromatic nitrogens is 3. The predicted octanol–water partition coefficient (Wildman–Crippen LogP) is 11.4. The molecule has 1 heterocycles. The summed E-state index contributed by atoms with van der Waals surface area (Å²) in [6.45, 7) is 0. The summed E-state index contributed by atoms with van der Waals surface area (Å²) in [6, 6.07) is 50.2. The normalized spacial score (nSPS) is 23.2. The minimum absolute atomic E-state index is 0.314. The molecule has 2 saturated carbocycles. The van der Waals surface area contributed by atoms with Crippen LogP contribution >= 0.6 is 0 Å². The zero-order valence-electron chi connectivity index (χ0n) is 27.7. The van der Waals surface area contributed by atoms with Gasteiger partial charge in [-0.05, 0) is 80.0 Å². The van der Waals surface area contributed by atoms with Gasteiger partial charge >= 0.3 is 0 Å². The minimum Gasteiger partial charge on any atom is -0.208 e. The van der Waals surface area contributed by atoms with Gasteiger partial charge in [0.05, 0.1) is 0 Å². The van der Waals surface area contributed by atoms with Crippen molar-refractivity contribution in [3.05, 3.63) is 175 Å². The molecule has 238 valence electrons. The summed E-state index contributed by atoms with van der Waals surface area (Å²) >= 11 is 0. The molecule has 3 nitrogen and oxygen atoms in total. The Morgan fingerprint density at radius 1 is 0.412 bits per heavy atom. The Labute approximate surface area is 296 Å². The molecule has 3 heteroatoms. The van der Waals surface area contributed by atoms with Crippen molar-refractivity contribution in [2.45, 2.75) is 11.8 Å². The van der Waals surface area contributed by atoms with Crippen molar-refractivity contribution < 1.29 is 0 Å². The Balaban J connectivity index is 1.17. The third-order valence-corrected chi connectivity index (χ3v) is 12.3. The van der Waals surface area contributed by atoms with Crippen molar-refractivity contribution in [1.29, 1.82) is 0 Å². The van der Waals surface area contributed by atoms with E-state index in [-0.39, 0.29) is 0 Å². The van der Waals surface area contributed by atoms with E-state index in [4.69, 9.17) is 15.0 Å². The molecule has 0 aliphatic heterocycles. The lowest BCUT2D eigenvalue weighted by Gasteiger charge is -2.28. The summed E-state index contributed by atoms with van der Waals surface area (Å²) in [6.07, 6.45) is 10.0. The van der Waals surface area contributed by atoms with Crippen LogP contribution in [0.5, 0.6) is 0 Å². The van der Waals surface area contributed by atoms with E-state index in [0.717, 1.165) is 28.2 Å². The van der Waals surface area contributed by atoms with Crippen molar-refractivity contribution in [3.63, 3.8) is 0 Å². The third-order valence-electron chi connectivity index (χ3n) is 12.3. The van der Waals surface area contributed by atoms with Crippen LogP contribution in [0, 0.1) is 17.3 Å². The minimum atomic E-state index is 0.314. The molecular formula is C48H31N3. The molecule has 5 aliphatic rings. The number of hydrogen-bond acceptors (Lipinski definition) is 3. The molecule has 5 unspecified atom stereocenters. The number of nitrogens with zero attached hydrogens (tertiary/aromatic N) is 3. The maximum atomic E-state index is 5.24. The predicted molar refractivity (Wildman–Crippen MR) is 205 cm³/mol. The third kappa shape index (κ3) is 3.76. The van der Waals surface area contributed by atoms with Crippen LogP contribution < -0.4 is 0 Å². The molecule has 0 N–H and O–H groups in total. The van der Waals surface area contributed by atoms with Crippen molar-refractivity contribution in [1.82, 2.24) is 15.0 Å². The van der Waals surface area contributed by atoms with Crippen molar-refractivity contribution in [3.8, 4) is 78.7 Å². The fourth-order valence-electron chi connectivity index (χ4n) is 9.80. The quantitative estimate of drug-likeness (QED) is 0.179. The number of allylic oxidation sites excluding steroid dienone is 4. The molecular weight excluding hydrogens is 619 g/mol. The van der Waals surface area contributed by atoms with Crippen molar-refractivity contribution >= 4 is 0 Å². The van der Waals surface area contributed by atoms with E-state index in [0.29, 0.717) is 40.6 Å².